The molecule has 0 saturated heterocycles. The molecule has 0 aliphatic heterocycles. The highest BCUT2D eigenvalue weighted by molar-refractivity contribution is 7.77. The zero-order valence-corrected chi connectivity index (χ0v) is 9.64. The molecular weight excluding hydrogens is 186 g/mol. The fraction of sp³-hybridized carbons (Fsp3) is 0.875. The van der Waals surface area contributed by atoms with Crippen molar-refractivity contribution in [2.24, 2.45) is 0 Å². The summed E-state index contributed by atoms with van der Waals surface area (Å²) in [7, 11) is 3.77. The van der Waals surface area contributed by atoms with Crippen LogP contribution in [-0.4, -0.2) is 35.6 Å². The lowest BCUT2D eigenvalue weighted by Gasteiger charge is -2.31. The molecule has 0 aromatic heterocycles. The largest absolute Gasteiger partial charge is 0.339 e. The summed E-state index contributed by atoms with van der Waals surface area (Å²) < 4.78 is 1.71. The number of carbonyl (C=O) groups is 1. The molecular formula is C8H19N3OS. The van der Waals surface area contributed by atoms with E-state index in [4.69, 9.17) is 0 Å². The number of hydrogen-bond acceptors (Lipinski definition) is 4. The normalized spacial score (nSPS) is 13.5. The molecule has 0 saturated carbocycles. The number of hydrogen-bond donors (Lipinski definition) is 2. The van der Waals surface area contributed by atoms with E-state index in [0.29, 0.717) is 0 Å². The SMILES string of the molecule is CCCC(NC(C)=O)N(S)N(C)C. The molecule has 4 nitrogen and oxygen atoms in total. The van der Waals surface area contributed by atoms with Crippen LogP contribution in [0.5, 0.6) is 0 Å². The van der Waals surface area contributed by atoms with Gasteiger partial charge in [-0.1, -0.05) is 26.2 Å². The molecule has 5 heteroatoms. The van der Waals surface area contributed by atoms with E-state index in [1.165, 1.54) is 6.92 Å². The minimum absolute atomic E-state index is 0.0270. The first-order valence-corrected chi connectivity index (χ1v) is 4.81. The lowest BCUT2D eigenvalue weighted by Crippen LogP contribution is -2.48. The Labute approximate surface area is 85.8 Å². The maximum atomic E-state index is 10.9. The smallest absolute Gasteiger partial charge is 0.218 e. The number of hydrazine groups is 1. The molecule has 0 aliphatic carbocycles. The summed E-state index contributed by atoms with van der Waals surface area (Å²) in [6.45, 7) is 3.59. The monoisotopic (exact) mass is 205 g/mol. The standard InChI is InChI=1S/C8H19N3OS/c1-5-6-8(9-7(2)12)11(13)10(3)4/h8,13H,5-6H2,1-4H3,(H,9,12). The van der Waals surface area contributed by atoms with Crippen LogP contribution in [0.1, 0.15) is 26.7 Å². The van der Waals surface area contributed by atoms with Crippen LogP contribution in [0.15, 0.2) is 0 Å². The quantitative estimate of drug-likeness (QED) is 0.397. The van der Waals surface area contributed by atoms with Crippen LogP contribution in [0.25, 0.3) is 0 Å². The minimum Gasteiger partial charge on any atom is -0.339 e. The third kappa shape index (κ3) is 5.13. The van der Waals surface area contributed by atoms with E-state index in [2.05, 4.69) is 25.1 Å². The Bertz CT molecular complexity index is 163. The van der Waals surface area contributed by atoms with Gasteiger partial charge in [0, 0.05) is 21.0 Å². The fourth-order valence-electron chi connectivity index (χ4n) is 1.03. The van der Waals surface area contributed by atoms with Crippen LogP contribution < -0.4 is 5.32 Å². The van der Waals surface area contributed by atoms with Crippen LogP contribution in [0.2, 0.25) is 0 Å². The molecule has 0 aromatic rings. The van der Waals surface area contributed by atoms with Gasteiger partial charge in [-0.05, 0) is 6.42 Å². The second-order valence-corrected chi connectivity index (χ2v) is 3.58. The van der Waals surface area contributed by atoms with E-state index in [9.17, 15) is 4.79 Å². The van der Waals surface area contributed by atoms with Crippen molar-refractivity contribution < 1.29 is 4.79 Å². The predicted molar refractivity (Wildman–Crippen MR) is 57.0 cm³/mol. The van der Waals surface area contributed by atoms with Crippen molar-refractivity contribution in [3.05, 3.63) is 0 Å². The molecule has 1 atom stereocenters. The number of amides is 1. The summed E-state index contributed by atoms with van der Waals surface area (Å²) in [5.41, 5.74) is 0. The van der Waals surface area contributed by atoms with Gasteiger partial charge in [-0.15, -0.1) is 0 Å². The molecule has 1 unspecified atom stereocenters. The Kier molecular flexibility index (Phi) is 6.11. The summed E-state index contributed by atoms with van der Waals surface area (Å²) >= 11 is 4.27. The Morgan fingerprint density at radius 1 is 1.54 bits per heavy atom. The number of carbonyl (C=O) groups excluding carboxylic acids is 1. The van der Waals surface area contributed by atoms with Crippen molar-refractivity contribution in [2.75, 3.05) is 14.1 Å². The topological polar surface area (TPSA) is 35.6 Å². The van der Waals surface area contributed by atoms with Crippen LogP contribution >= 0.6 is 12.8 Å². The van der Waals surface area contributed by atoms with E-state index in [0.717, 1.165) is 12.8 Å². The van der Waals surface area contributed by atoms with Crippen molar-refractivity contribution in [1.82, 2.24) is 14.7 Å². The molecule has 0 aliphatic rings. The van der Waals surface area contributed by atoms with Crippen LogP contribution in [-0.2, 0) is 4.79 Å². The summed E-state index contributed by atoms with van der Waals surface area (Å²) in [5, 5.41) is 4.66. The van der Waals surface area contributed by atoms with Crippen molar-refractivity contribution in [3.63, 3.8) is 0 Å². The average Bonchev–Trinajstić information content (AvgIpc) is 2.01. The zero-order valence-electron chi connectivity index (χ0n) is 8.74. The predicted octanol–water partition coefficient (Wildman–Crippen LogP) is 0.872. The van der Waals surface area contributed by atoms with Crippen molar-refractivity contribution in [1.29, 1.82) is 0 Å². The molecule has 1 N–H and O–H groups in total. The summed E-state index contributed by atoms with van der Waals surface area (Å²) in [6, 6.07) is 0. The Balaban J connectivity index is 4.14. The lowest BCUT2D eigenvalue weighted by molar-refractivity contribution is -0.121. The lowest BCUT2D eigenvalue weighted by atomic mass is 10.3. The Hall–Kier alpha value is -0.260. The van der Waals surface area contributed by atoms with Crippen LogP contribution in [0.3, 0.4) is 0 Å². The number of nitrogens with one attached hydrogen (secondary N) is 1. The molecule has 0 fully saturated rings. The Morgan fingerprint density at radius 2 is 2.08 bits per heavy atom. The van der Waals surface area contributed by atoms with Gasteiger partial charge in [0.15, 0.2) is 0 Å². The first kappa shape index (κ1) is 12.7. The number of thiol groups is 1. The van der Waals surface area contributed by atoms with Gasteiger partial charge in [0.05, 0.1) is 0 Å². The van der Waals surface area contributed by atoms with Gasteiger partial charge in [-0.25, -0.2) is 5.01 Å². The van der Waals surface area contributed by atoms with Gasteiger partial charge in [-0.2, -0.15) is 4.41 Å². The van der Waals surface area contributed by atoms with Gasteiger partial charge in [-0.3, -0.25) is 4.79 Å². The average molecular weight is 205 g/mol. The van der Waals surface area contributed by atoms with Gasteiger partial charge >= 0.3 is 0 Å². The molecule has 0 heterocycles. The fourth-order valence-corrected chi connectivity index (χ4v) is 1.21. The van der Waals surface area contributed by atoms with Crippen molar-refractivity contribution in [2.45, 2.75) is 32.9 Å². The maximum absolute atomic E-state index is 10.9. The maximum Gasteiger partial charge on any atom is 0.218 e. The molecule has 13 heavy (non-hydrogen) atoms. The second kappa shape index (κ2) is 6.23. The molecule has 0 bridgehead atoms. The Morgan fingerprint density at radius 3 is 2.38 bits per heavy atom. The molecule has 1 amide bonds. The van der Waals surface area contributed by atoms with E-state index in [-0.39, 0.29) is 12.1 Å². The highest BCUT2D eigenvalue weighted by Gasteiger charge is 2.16. The third-order valence-electron chi connectivity index (χ3n) is 1.62. The highest BCUT2D eigenvalue weighted by atomic mass is 32.1. The van der Waals surface area contributed by atoms with E-state index >= 15 is 0 Å². The number of nitrogens with zero attached hydrogens (tertiary/aromatic N) is 2. The van der Waals surface area contributed by atoms with E-state index < -0.39 is 0 Å². The van der Waals surface area contributed by atoms with Crippen LogP contribution in [0.4, 0.5) is 0 Å². The molecule has 78 valence electrons. The van der Waals surface area contributed by atoms with E-state index in [1.807, 2.05) is 19.1 Å². The van der Waals surface area contributed by atoms with E-state index in [1.54, 1.807) is 4.41 Å². The van der Waals surface area contributed by atoms with Crippen molar-refractivity contribution in [3.8, 4) is 0 Å². The number of rotatable bonds is 5. The zero-order chi connectivity index (χ0) is 10.4. The molecule has 0 radical (unpaired) electrons. The van der Waals surface area contributed by atoms with Gasteiger partial charge in [0.1, 0.15) is 6.17 Å². The summed E-state index contributed by atoms with van der Waals surface area (Å²) in [6.07, 6.45) is 1.87. The third-order valence-corrected chi connectivity index (χ3v) is 2.26. The van der Waals surface area contributed by atoms with Gasteiger partial charge in [0.2, 0.25) is 5.91 Å². The molecule has 0 aromatic carbocycles. The highest BCUT2D eigenvalue weighted by Crippen LogP contribution is 2.07. The van der Waals surface area contributed by atoms with Crippen LogP contribution in [0, 0.1) is 0 Å². The van der Waals surface area contributed by atoms with Crippen molar-refractivity contribution >= 4 is 18.7 Å². The van der Waals surface area contributed by atoms with Gasteiger partial charge < -0.3 is 5.32 Å². The summed E-state index contributed by atoms with van der Waals surface area (Å²) in [5.74, 6) is -0.0284. The molecule has 0 rings (SSSR count). The summed E-state index contributed by atoms with van der Waals surface area (Å²) in [4.78, 5) is 10.9. The second-order valence-electron chi connectivity index (χ2n) is 3.17. The first-order valence-electron chi connectivity index (χ1n) is 4.41. The first-order chi connectivity index (χ1) is 5.99. The minimum atomic E-state index is -0.0284. The van der Waals surface area contributed by atoms with Gasteiger partial charge in [0.25, 0.3) is 0 Å². The molecule has 0 spiro atoms.